The number of ether oxygens (including phenoxy) is 1. The molecule has 0 N–H and O–H groups in total. The number of hydrogen-bond donors (Lipinski definition) is 0. The maximum Gasteiger partial charge on any atom is 0.0920 e. The molecular formula is C16H23IO. The molecule has 0 aliphatic heterocycles. The third kappa shape index (κ3) is 3.70. The van der Waals surface area contributed by atoms with Crippen molar-refractivity contribution in [1.82, 2.24) is 0 Å². The summed E-state index contributed by atoms with van der Waals surface area (Å²) in [7, 11) is 0. The quantitative estimate of drug-likeness (QED) is 0.540. The number of rotatable bonds is 4. The molecule has 100 valence electrons. The van der Waals surface area contributed by atoms with Crippen LogP contribution in [0, 0.1) is 12.8 Å². The van der Waals surface area contributed by atoms with Gasteiger partial charge < -0.3 is 4.74 Å². The Balaban J connectivity index is 2.03. The fourth-order valence-corrected chi connectivity index (χ4v) is 3.56. The van der Waals surface area contributed by atoms with Crippen molar-refractivity contribution in [1.29, 1.82) is 0 Å². The van der Waals surface area contributed by atoms with Crippen LogP contribution in [0.1, 0.15) is 49.8 Å². The molecule has 1 fully saturated rings. The van der Waals surface area contributed by atoms with Gasteiger partial charge in [-0.25, -0.2) is 0 Å². The van der Waals surface area contributed by atoms with Gasteiger partial charge in [0.2, 0.25) is 0 Å². The van der Waals surface area contributed by atoms with Gasteiger partial charge in [0.05, 0.1) is 12.2 Å². The SMILES string of the molecule is Cc1ccccc1C(CI)OC1CCCC(C)C1. The molecule has 2 rings (SSSR count). The van der Waals surface area contributed by atoms with Crippen LogP contribution in [-0.2, 0) is 4.74 Å². The Bertz CT molecular complexity index is 377. The number of aryl methyl sites for hydroxylation is 1. The van der Waals surface area contributed by atoms with Crippen molar-refractivity contribution in [3.63, 3.8) is 0 Å². The maximum absolute atomic E-state index is 6.37. The molecule has 0 saturated heterocycles. The Morgan fingerprint density at radius 3 is 2.78 bits per heavy atom. The van der Waals surface area contributed by atoms with E-state index >= 15 is 0 Å². The lowest BCUT2D eigenvalue weighted by atomic mass is 9.88. The first-order valence-corrected chi connectivity index (χ1v) is 8.50. The minimum Gasteiger partial charge on any atom is -0.369 e. The van der Waals surface area contributed by atoms with Crippen LogP contribution in [0.5, 0.6) is 0 Å². The molecule has 0 bridgehead atoms. The van der Waals surface area contributed by atoms with E-state index in [-0.39, 0.29) is 6.10 Å². The normalized spacial score (nSPS) is 25.9. The molecule has 1 aliphatic rings. The van der Waals surface area contributed by atoms with Crippen LogP contribution < -0.4 is 0 Å². The molecule has 1 aromatic carbocycles. The summed E-state index contributed by atoms with van der Waals surface area (Å²) >= 11 is 2.45. The van der Waals surface area contributed by atoms with Gasteiger partial charge in [-0.1, -0.05) is 66.6 Å². The van der Waals surface area contributed by atoms with Crippen molar-refractivity contribution < 1.29 is 4.74 Å². The average molecular weight is 358 g/mol. The largest absolute Gasteiger partial charge is 0.369 e. The molecule has 0 spiro atoms. The van der Waals surface area contributed by atoms with Crippen LogP contribution in [-0.4, -0.2) is 10.5 Å². The predicted molar refractivity (Wildman–Crippen MR) is 85.3 cm³/mol. The van der Waals surface area contributed by atoms with E-state index in [1.807, 2.05) is 0 Å². The number of halogens is 1. The smallest absolute Gasteiger partial charge is 0.0920 e. The highest BCUT2D eigenvalue weighted by Crippen LogP contribution is 2.31. The third-order valence-electron chi connectivity index (χ3n) is 3.92. The summed E-state index contributed by atoms with van der Waals surface area (Å²) in [6.07, 6.45) is 5.91. The van der Waals surface area contributed by atoms with Crippen LogP contribution in [0.4, 0.5) is 0 Å². The van der Waals surface area contributed by atoms with Crippen molar-refractivity contribution >= 4 is 22.6 Å². The fourth-order valence-electron chi connectivity index (χ4n) is 2.88. The van der Waals surface area contributed by atoms with Gasteiger partial charge in [0.15, 0.2) is 0 Å². The number of benzene rings is 1. The molecule has 0 heterocycles. The lowest BCUT2D eigenvalue weighted by molar-refractivity contribution is -0.0285. The van der Waals surface area contributed by atoms with Crippen molar-refractivity contribution in [2.75, 3.05) is 4.43 Å². The summed E-state index contributed by atoms with van der Waals surface area (Å²) in [5.74, 6) is 0.829. The van der Waals surface area contributed by atoms with Crippen molar-refractivity contribution in [3.05, 3.63) is 35.4 Å². The predicted octanol–water partition coefficient (Wildman–Crippen LogP) is 5.07. The van der Waals surface area contributed by atoms with Crippen LogP contribution in [0.25, 0.3) is 0 Å². The zero-order valence-corrected chi connectivity index (χ0v) is 13.5. The second-order valence-electron chi connectivity index (χ2n) is 5.53. The first-order valence-electron chi connectivity index (χ1n) is 6.97. The maximum atomic E-state index is 6.37. The van der Waals surface area contributed by atoms with Gasteiger partial charge in [-0.15, -0.1) is 0 Å². The van der Waals surface area contributed by atoms with Gasteiger partial charge in [-0.2, -0.15) is 0 Å². The summed E-state index contributed by atoms with van der Waals surface area (Å²) in [6.45, 7) is 4.53. The zero-order chi connectivity index (χ0) is 13.0. The Kier molecular flexibility index (Phi) is 5.49. The molecule has 3 atom stereocenters. The molecule has 0 radical (unpaired) electrons. The van der Waals surface area contributed by atoms with E-state index in [9.17, 15) is 0 Å². The van der Waals surface area contributed by atoms with E-state index in [1.54, 1.807) is 0 Å². The average Bonchev–Trinajstić information content (AvgIpc) is 2.37. The minimum absolute atomic E-state index is 0.266. The van der Waals surface area contributed by atoms with Crippen molar-refractivity contribution in [2.24, 2.45) is 5.92 Å². The summed E-state index contributed by atoms with van der Waals surface area (Å²) in [6, 6.07) is 8.62. The van der Waals surface area contributed by atoms with Gasteiger partial charge in [0, 0.05) is 4.43 Å². The van der Waals surface area contributed by atoms with E-state index in [1.165, 1.54) is 36.8 Å². The first kappa shape index (κ1) is 14.3. The van der Waals surface area contributed by atoms with Gasteiger partial charge in [0.25, 0.3) is 0 Å². The Morgan fingerprint density at radius 2 is 2.11 bits per heavy atom. The van der Waals surface area contributed by atoms with Crippen molar-refractivity contribution in [2.45, 2.75) is 51.7 Å². The molecule has 0 aromatic heterocycles. The fraction of sp³-hybridized carbons (Fsp3) is 0.625. The number of hydrogen-bond acceptors (Lipinski definition) is 1. The molecule has 1 nitrogen and oxygen atoms in total. The monoisotopic (exact) mass is 358 g/mol. The Labute approximate surface area is 124 Å². The molecule has 0 amide bonds. The lowest BCUT2D eigenvalue weighted by Gasteiger charge is -2.30. The van der Waals surface area contributed by atoms with Gasteiger partial charge in [-0.05, 0) is 36.8 Å². The number of alkyl halides is 1. The van der Waals surface area contributed by atoms with Gasteiger partial charge in [0.1, 0.15) is 0 Å². The molecule has 1 aliphatic carbocycles. The molecule has 1 aromatic rings. The summed E-state index contributed by atoms with van der Waals surface area (Å²) in [5.41, 5.74) is 2.72. The molecular weight excluding hydrogens is 335 g/mol. The van der Waals surface area contributed by atoms with E-state index in [0.29, 0.717) is 6.10 Å². The van der Waals surface area contributed by atoms with Crippen LogP contribution in [0.2, 0.25) is 0 Å². The highest BCUT2D eigenvalue weighted by molar-refractivity contribution is 14.1. The van der Waals surface area contributed by atoms with Crippen LogP contribution in [0.3, 0.4) is 0 Å². The highest BCUT2D eigenvalue weighted by atomic mass is 127. The Hall–Kier alpha value is -0.0900. The van der Waals surface area contributed by atoms with E-state index in [2.05, 4.69) is 60.7 Å². The third-order valence-corrected chi connectivity index (χ3v) is 4.72. The van der Waals surface area contributed by atoms with Crippen LogP contribution in [0.15, 0.2) is 24.3 Å². The second-order valence-corrected chi connectivity index (χ2v) is 6.41. The lowest BCUT2D eigenvalue weighted by Crippen LogP contribution is -2.24. The van der Waals surface area contributed by atoms with Gasteiger partial charge >= 0.3 is 0 Å². The van der Waals surface area contributed by atoms with E-state index in [4.69, 9.17) is 4.74 Å². The summed E-state index contributed by atoms with van der Waals surface area (Å²) in [5, 5.41) is 0. The van der Waals surface area contributed by atoms with Crippen molar-refractivity contribution in [3.8, 4) is 0 Å². The van der Waals surface area contributed by atoms with E-state index < -0.39 is 0 Å². The molecule has 2 heteroatoms. The minimum atomic E-state index is 0.266. The molecule has 18 heavy (non-hydrogen) atoms. The second kappa shape index (κ2) is 6.90. The van der Waals surface area contributed by atoms with Crippen LogP contribution >= 0.6 is 22.6 Å². The molecule has 1 saturated carbocycles. The molecule has 3 unspecified atom stereocenters. The zero-order valence-electron chi connectivity index (χ0n) is 11.4. The highest BCUT2D eigenvalue weighted by Gasteiger charge is 2.23. The summed E-state index contributed by atoms with van der Waals surface area (Å²) < 4.78 is 7.41. The summed E-state index contributed by atoms with van der Waals surface area (Å²) in [4.78, 5) is 0. The first-order chi connectivity index (χ1) is 8.70. The Morgan fingerprint density at radius 1 is 1.33 bits per heavy atom. The topological polar surface area (TPSA) is 9.23 Å². The van der Waals surface area contributed by atoms with Gasteiger partial charge in [-0.3, -0.25) is 0 Å². The standard InChI is InChI=1S/C16H23IO/c1-12-6-5-8-14(10-12)18-16(11-17)15-9-4-3-7-13(15)2/h3-4,7,9,12,14,16H,5-6,8,10-11H2,1-2H3. The van der Waals surface area contributed by atoms with E-state index in [0.717, 1.165) is 10.3 Å².